The zero-order valence-electron chi connectivity index (χ0n) is 11.7. The monoisotopic (exact) mass is 265 g/mol. The van der Waals surface area contributed by atoms with E-state index >= 15 is 0 Å². The van der Waals surface area contributed by atoms with Gasteiger partial charge in [-0.2, -0.15) is 0 Å². The molecule has 0 aliphatic carbocycles. The summed E-state index contributed by atoms with van der Waals surface area (Å²) in [6, 6.07) is 3.55. The van der Waals surface area contributed by atoms with Gasteiger partial charge in [0.2, 0.25) is 0 Å². The topological polar surface area (TPSA) is 57.5 Å². The molecule has 5 heteroatoms. The molecular formula is C14H19NO4. The summed E-state index contributed by atoms with van der Waals surface area (Å²) in [5.41, 5.74) is 0.204. The van der Waals surface area contributed by atoms with Gasteiger partial charge in [0, 0.05) is 24.4 Å². The Kier molecular flexibility index (Phi) is 4.92. The number of rotatable bonds is 3. The van der Waals surface area contributed by atoms with Crippen LogP contribution in [0.3, 0.4) is 0 Å². The van der Waals surface area contributed by atoms with Gasteiger partial charge in [-0.05, 0) is 32.9 Å². The number of carbonyl (C=O) groups is 2. The van der Waals surface area contributed by atoms with Gasteiger partial charge in [0.05, 0.1) is 7.11 Å². The fourth-order valence-electron chi connectivity index (χ4n) is 1.42. The van der Waals surface area contributed by atoms with Gasteiger partial charge in [-0.3, -0.25) is 4.57 Å². The van der Waals surface area contributed by atoms with E-state index in [1.807, 2.05) is 20.8 Å². The highest BCUT2D eigenvalue weighted by molar-refractivity contribution is 5.81. The minimum Gasteiger partial charge on any atom is -0.466 e. The predicted molar refractivity (Wildman–Crippen MR) is 70.9 cm³/mol. The molecule has 0 bridgehead atoms. The Bertz CT molecular complexity index is 480. The summed E-state index contributed by atoms with van der Waals surface area (Å²) in [6.45, 7) is 5.43. The highest BCUT2D eigenvalue weighted by Gasteiger charge is 2.18. The maximum absolute atomic E-state index is 11.9. The van der Waals surface area contributed by atoms with Gasteiger partial charge in [-0.15, -0.1) is 0 Å². The van der Waals surface area contributed by atoms with E-state index in [1.54, 1.807) is 24.4 Å². The zero-order chi connectivity index (χ0) is 14.5. The van der Waals surface area contributed by atoms with Crippen molar-refractivity contribution in [1.29, 1.82) is 0 Å². The average molecular weight is 265 g/mol. The first kappa shape index (κ1) is 15.0. The lowest BCUT2D eigenvalue weighted by atomic mass is 10.2. The molecule has 0 fully saturated rings. The van der Waals surface area contributed by atoms with E-state index in [0.29, 0.717) is 6.42 Å². The van der Waals surface area contributed by atoms with Crippen molar-refractivity contribution in [3.63, 3.8) is 0 Å². The number of hydrogen-bond donors (Lipinski definition) is 0. The quantitative estimate of drug-likeness (QED) is 0.622. The smallest absolute Gasteiger partial charge is 0.418 e. The third-order valence-corrected chi connectivity index (χ3v) is 2.21. The molecule has 0 atom stereocenters. The molecule has 0 unspecified atom stereocenters. The zero-order valence-corrected chi connectivity index (χ0v) is 11.7. The molecule has 1 aromatic heterocycles. The molecule has 0 spiro atoms. The Morgan fingerprint density at radius 2 is 2.05 bits per heavy atom. The van der Waals surface area contributed by atoms with Crippen molar-refractivity contribution in [2.45, 2.75) is 32.8 Å². The second-order valence-electron chi connectivity index (χ2n) is 4.98. The van der Waals surface area contributed by atoms with E-state index in [1.165, 1.54) is 17.8 Å². The maximum atomic E-state index is 11.9. The fraction of sp³-hybridized carbons (Fsp3) is 0.429. The van der Waals surface area contributed by atoms with Gasteiger partial charge in [0.1, 0.15) is 5.60 Å². The van der Waals surface area contributed by atoms with Crippen molar-refractivity contribution in [2.24, 2.45) is 0 Å². The van der Waals surface area contributed by atoms with Crippen LogP contribution in [0.2, 0.25) is 0 Å². The van der Waals surface area contributed by atoms with Gasteiger partial charge in [0.15, 0.2) is 0 Å². The number of ether oxygens (including phenoxy) is 2. The second-order valence-corrected chi connectivity index (χ2v) is 4.98. The van der Waals surface area contributed by atoms with E-state index in [0.717, 1.165) is 5.69 Å². The molecule has 1 heterocycles. The maximum Gasteiger partial charge on any atom is 0.418 e. The molecular weight excluding hydrogens is 246 g/mol. The Morgan fingerprint density at radius 1 is 1.37 bits per heavy atom. The largest absolute Gasteiger partial charge is 0.466 e. The van der Waals surface area contributed by atoms with Gasteiger partial charge < -0.3 is 9.47 Å². The van der Waals surface area contributed by atoms with E-state index in [-0.39, 0.29) is 0 Å². The minimum atomic E-state index is -0.541. The van der Waals surface area contributed by atoms with Crippen molar-refractivity contribution in [1.82, 2.24) is 4.57 Å². The van der Waals surface area contributed by atoms with Crippen LogP contribution in [0.4, 0.5) is 4.79 Å². The van der Waals surface area contributed by atoms with E-state index in [4.69, 9.17) is 4.74 Å². The third kappa shape index (κ3) is 4.99. The summed E-state index contributed by atoms with van der Waals surface area (Å²) in [6.07, 6.45) is 4.62. The summed E-state index contributed by atoms with van der Waals surface area (Å²) in [4.78, 5) is 22.9. The molecule has 19 heavy (non-hydrogen) atoms. The van der Waals surface area contributed by atoms with E-state index < -0.39 is 17.7 Å². The Hall–Kier alpha value is -2.04. The first-order valence-electron chi connectivity index (χ1n) is 5.97. The molecule has 1 rings (SSSR count). The summed E-state index contributed by atoms with van der Waals surface area (Å²) >= 11 is 0. The normalized spacial score (nSPS) is 11.6. The van der Waals surface area contributed by atoms with E-state index in [2.05, 4.69) is 4.74 Å². The summed E-state index contributed by atoms with van der Waals surface area (Å²) in [5.74, 6) is -0.421. The summed E-state index contributed by atoms with van der Waals surface area (Å²) < 4.78 is 11.2. The highest BCUT2D eigenvalue weighted by atomic mass is 16.6. The number of aromatic nitrogens is 1. The molecule has 0 amide bonds. The van der Waals surface area contributed by atoms with Gasteiger partial charge >= 0.3 is 12.1 Å². The van der Waals surface area contributed by atoms with Crippen molar-refractivity contribution in [3.05, 3.63) is 36.2 Å². The molecule has 0 N–H and O–H groups in total. The van der Waals surface area contributed by atoms with Crippen LogP contribution in [-0.2, 0) is 20.7 Å². The number of carbonyl (C=O) groups excluding carboxylic acids is 2. The number of methoxy groups -OCH3 is 1. The number of allylic oxidation sites excluding steroid dienone is 1. The number of hydrogen-bond acceptors (Lipinski definition) is 4. The minimum absolute atomic E-state index is 0.421. The average Bonchev–Trinajstić information content (AvgIpc) is 2.75. The van der Waals surface area contributed by atoms with Crippen molar-refractivity contribution in [3.8, 4) is 0 Å². The lowest BCUT2D eigenvalue weighted by Gasteiger charge is -2.20. The molecule has 104 valence electrons. The van der Waals surface area contributed by atoms with Crippen LogP contribution in [0.15, 0.2) is 30.5 Å². The molecule has 0 saturated heterocycles. The van der Waals surface area contributed by atoms with Crippen LogP contribution in [0.1, 0.15) is 26.5 Å². The number of esters is 1. The Labute approximate surface area is 112 Å². The van der Waals surface area contributed by atoms with Crippen LogP contribution in [0, 0.1) is 0 Å². The highest BCUT2D eigenvalue weighted by Crippen LogP contribution is 2.12. The molecule has 0 aliphatic heterocycles. The van der Waals surface area contributed by atoms with Crippen molar-refractivity contribution < 1.29 is 19.1 Å². The van der Waals surface area contributed by atoms with Crippen LogP contribution in [-0.4, -0.2) is 29.3 Å². The first-order chi connectivity index (χ1) is 8.83. The van der Waals surface area contributed by atoms with Gasteiger partial charge in [-0.1, -0.05) is 6.08 Å². The fourth-order valence-corrected chi connectivity index (χ4v) is 1.42. The second kappa shape index (κ2) is 6.22. The lowest BCUT2D eigenvalue weighted by molar-refractivity contribution is -0.134. The van der Waals surface area contributed by atoms with Crippen LogP contribution >= 0.6 is 0 Å². The van der Waals surface area contributed by atoms with Crippen LogP contribution in [0.5, 0.6) is 0 Å². The SMILES string of the molecule is COC(=O)/C=C\Cc1cccn1C(=O)OC(C)(C)C. The molecule has 0 saturated carbocycles. The lowest BCUT2D eigenvalue weighted by Crippen LogP contribution is -2.27. The van der Waals surface area contributed by atoms with E-state index in [9.17, 15) is 9.59 Å². The molecule has 5 nitrogen and oxygen atoms in total. The Morgan fingerprint density at radius 3 is 2.63 bits per heavy atom. The third-order valence-electron chi connectivity index (χ3n) is 2.21. The summed E-state index contributed by atoms with van der Waals surface area (Å²) in [7, 11) is 1.32. The van der Waals surface area contributed by atoms with Crippen molar-refractivity contribution >= 4 is 12.1 Å². The standard InChI is InChI=1S/C14H19NO4/c1-14(2,3)19-13(17)15-10-6-8-11(15)7-5-9-12(16)18-4/h5-6,8-10H,7H2,1-4H3/b9-5-. The van der Waals surface area contributed by atoms with Crippen molar-refractivity contribution in [2.75, 3.05) is 7.11 Å². The molecule has 1 aromatic rings. The molecule has 0 radical (unpaired) electrons. The van der Waals surface area contributed by atoms with Gasteiger partial charge in [0.25, 0.3) is 0 Å². The summed E-state index contributed by atoms with van der Waals surface area (Å²) in [5, 5.41) is 0. The number of nitrogens with zero attached hydrogens (tertiary/aromatic N) is 1. The molecule has 0 aliphatic rings. The first-order valence-corrected chi connectivity index (χ1v) is 5.97. The predicted octanol–water partition coefficient (Wildman–Crippen LogP) is 2.54. The van der Waals surface area contributed by atoms with Gasteiger partial charge in [-0.25, -0.2) is 9.59 Å². The van der Waals surface area contributed by atoms with Crippen LogP contribution < -0.4 is 0 Å². The van der Waals surface area contributed by atoms with Crippen LogP contribution in [0.25, 0.3) is 0 Å². The molecule has 0 aromatic carbocycles. The Balaban J connectivity index is 2.73.